The van der Waals surface area contributed by atoms with Crippen LogP contribution >= 0.6 is 0 Å². The van der Waals surface area contributed by atoms with Crippen LogP contribution in [0.5, 0.6) is 0 Å². The molecule has 0 aliphatic carbocycles. The Morgan fingerprint density at radius 2 is 1.50 bits per heavy atom. The number of nitrogens with one attached hydrogen (secondary N) is 2. The Morgan fingerprint density at radius 3 is 2.08 bits per heavy atom. The van der Waals surface area contributed by atoms with Crippen LogP contribution in [0.2, 0.25) is 0 Å². The number of aryl methyl sites for hydroxylation is 1. The molecule has 0 radical (unpaired) electrons. The largest absolute Gasteiger partial charge is 0.326 e. The molecule has 2 N–H and O–H groups in total. The number of hydrogen-bond donors (Lipinski definition) is 2. The minimum absolute atomic E-state index is 0.215. The molecule has 0 heterocycles. The fourth-order valence-corrected chi connectivity index (χ4v) is 2.52. The zero-order valence-corrected chi connectivity index (χ0v) is 14.4. The summed E-state index contributed by atoms with van der Waals surface area (Å²) in [5, 5.41) is 2.67. The van der Waals surface area contributed by atoms with Gasteiger partial charge in [0, 0.05) is 5.69 Å². The smallest absolute Gasteiger partial charge is 0.279 e. The minimum atomic E-state index is -2.20. The van der Waals surface area contributed by atoms with Crippen molar-refractivity contribution in [2.24, 2.45) is 0 Å². The van der Waals surface area contributed by atoms with Crippen molar-refractivity contribution >= 4 is 11.6 Å². The first kappa shape index (κ1) is 19.8. The van der Waals surface area contributed by atoms with Crippen LogP contribution in [0.3, 0.4) is 0 Å². The van der Waals surface area contributed by atoms with E-state index in [-0.39, 0.29) is 11.4 Å². The maximum atomic E-state index is 13.7. The Morgan fingerprint density at radius 1 is 0.962 bits per heavy atom. The van der Waals surface area contributed by atoms with Crippen LogP contribution in [-0.4, -0.2) is 19.5 Å². The van der Waals surface area contributed by atoms with Gasteiger partial charge >= 0.3 is 0 Å². The molecule has 1 amide bonds. The molecule has 2 rings (SSSR count). The predicted octanol–water partition coefficient (Wildman–Crippen LogP) is 2.65. The molecule has 0 spiro atoms. The van der Waals surface area contributed by atoms with Gasteiger partial charge in [-0.3, -0.25) is 4.79 Å². The lowest BCUT2D eigenvalue weighted by Crippen LogP contribution is -3.08. The molecule has 0 saturated carbocycles. The fourth-order valence-electron chi connectivity index (χ4n) is 2.52. The van der Waals surface area contributed by atoms with Crippen molar-refractivity contribution in [2.45, 2.75) is 20.4 Å². The van der Waals surface area contributed by atoms with Gasteiger partial charge in [0.1, 0.15) is 6.54 Å². The van der Waals surface area contributed by atoms with Crippen molar-refractivity contribution in [1.82, 2.24) is 0 Å². The second-order valence-corrected chi connectivity index (χ2v) is 6.15. The molecule has 0 fully saturated rings. The van der Waals surface area contributed by atoms with Gasteiger partial charge in [0.2, 0.25) is 5.82 Å². The molecule has 26 heavy (non-hydrogen) atoms. The maximum Gasteiger partial charge on any atom is 0.279 e. The highest BCUT2D eigenvalue weighted by Gasteiger charge is 2.27. The number of amides is 1. The summed E-state index contributed by atoms with van der Waals surface area (Å²) in [6.45, 7) is 2.96. The topological polar surface area (TPSA) is 33.5 Å². The summed E-state index contributed by atoms with van der Waals surface area (Å²) in [5.74, 6) is -10.4. The van der Waals surface area contributed by atoms with Crippen LogP contribution in [-0.2, 0) is 11.3 Å². The number of carbonyl (C=O) groups is 1. The van der Waals surface area contributed by atoms with Gasteiger partial charge < -0.3 is 10.2 Å². The number of halogens is 5. The van der Waals surface area contributed by atoms with Crippen molar-refractivity contribution in [3.8, 4) is 0 Å². The third-order valence-electron chi connectivity index (χ3n) is 4.12. The van der Waals surface area contributed by atoms with Crippen LogP contribution in [0, 0.1) is 42.9 Å². The molecule has 2 aromatic rings. The van der Waals surface area contributed by atoms with E-state index in [1.807, 2.05) is 19.9 Å². The second kappa shape index (κ2) is 7.82. The summed E-state index contributed by atoms with van der Waals surface area (Å²) in [6, 6.07) is 5.36. The summed E-state index contributed by atoms with van der Waals surface area (Å²) in [6.07, 6.45) is 0. The number of rotatable bonds is 5. The van der Waals surface area contributed by atoms with Crippen LogP contribution in [0.1, 0.15) is 16.7 Å². The zero-order chi connectivity index (χ0) is 19.6. The maximum absolute atomic E-state index is 13.7. The Bertz CT molecular complexity index is 825. The van der Waals surface area contributed by atoms with Gasteiger partial charge in [-0.15, -0.1) is 0 Å². The highest BCUT2D eigenvalue weighted by molar-refractivity contribution is 5.92. The molecule has 1 atom stereocenters. The Balaban J connectivity index is 2.11. The van der Waals surface area contributed by atoms with Crippen LogP contribution < -0.4 is 10.2 Å². The third-order valence-corrected chi connectivity index (χ3v) is 4.12. The minimum Gasteiger partial charge on any atom is -0.326 e. The number of benzene rings is 2. The number of quaternary nitrogens is 1. The van der Waals surface area contributed by atoms with Gasteiger partial charge in [-0.05, 0) is 31.0 Å². The number of carbonyl (C=O) groups excluding carboxylic acids is 1. The molecule has 1 unspecified atom stereocenters. The van der Waals surface area contributed by atoms with Gasteiger partial charge in [-0.2, -0.15) is 0 Å². The lowest BCUT2D eigenvalue weighted by atomic mass is 10.1. The highest BCUT2D eigenvalue weighted by Crippen LogP contribution is 2.22. The summed E-state index contributed by atoms with van der Waals surface area (Å²) >= 11 is 0. The van der Waals surface area contributed by atoms with E-state index < -0.39 is 47.1 Å². The van der Waals surface area contributed by atoms with Gasteiger partial charge in [0.25, 0.3) is 5.91 Å². The molecule has 0 saturated heterocycles. The molecule has 0 aliphatic heterocycles. The Kier molecular flexibility index (Phi) is 5.97. The van der Waals surface area contributed by atoms with E-state index in [9.17, 15) is 26.7 Å². The average Bonchev–Trinajstić information content (AvgIpc) is 2.59. The second-order valence-electron chi connectivity index (χ2n) is 6.15. The number of likely N-dealkylation sites (N-methyl/N-ethyl adjacent to an activating group) is 1. The highest BCUT2D eigenvalue weighted by atomic mass is 19.2. The van der Waals surface area contributed by atoms with Crippen LogP contribution in [0.25, 0.3) is 0 Å². The van der Waals surface area contributed by atoms with Gasteiger partial charge in [0.05, 0.1) is 12.6 Å². The van der Waals surface area contributed by atoms with Crippen LogP contribution in [0.15, 0.2) is 18.2 Å². The van der Waals surface area contributed by atoms with Crippen molar-refractivity contribution in [2.75, 3.05) is 18.9 Å². The number of anilines is 1. The van der Waals surface area contributed by atoms with E-state index in [0.717, 1.165) is 11.1 Å². The molecular weight excluding hydrogens is 355 g/mol. The van der Waals surface area contributed by atoms with Crippen molar-refractivity contribution in [3.63, 3.8) is 0 Å². The third kappa shape index (κ3) is 4.01. The summed E-state index contributed by atoms with van der Waals surface area (Å²) in [7, 11) is 1.42. The van der Waals surface area contributed by atoms with E-state index >= 15 is 0 Å². The lowest BCUT2D eigenvalue weighted by molar-refractivity contribution is -0.885. The van der Waals surface area contributed by atoms with E-state index in [4.69, 9.17) is 0 Å². The summed E-state index contributed by atoms with van der Waals surface area (Å²) in [5.41, 5.74) is 1.50. The summed E-state index contributed by atoms with van der Waals surface area (Å²) < 4.78 is 67.0. The molecular formula is C18H18F5N2O+. The van der Waals surface area contributed by atoms with E-state index in [1.165, 1.54) is 7.05 Å². The first-order chi connectivity index (χ1) is 12.1. The Hall–Kier alpha value is -2.48. The van der Waals surface area contributed by atoms with E-state index in [1.54, 1.807) is 12.1 Å². The molecule has 0 aliphatic rings. The monoisotopic (exact) mass is 373 g/mol. The SMILES string of the molecule is Cc1cccc(NC(=O)C[NH+](C)Cc2c(F)c(F)c(F)c(F)c2F)c1C. The standard InChI is InChI=1S/C18H17F5N2O/c1-9-5-4-6-12(10(9)2)24-13(26)8-25(3)7-11-14(19)16(21)18(23)17(22)15(11)20/h4-6H,7-8H2,1-3H3,(H,24,26)/p+1. The van der Waals surface area contributed by atoms with Gasteiger partial charge in [-0.1, -0.05) is 12.1 Å². The van der Waals surface area contributed by atoms with Gasteiger partial charge in [0.15, 0.2) is 29.8 Å². The van der Waals surface area contributed by atoms with Crippen molar-refractivity contribution < 1.29 is 31.6 Å². The molecule has 0 aromatic heterocycles. The Labute approximate surface area is 147 Å². The quantitative estimate of drug-likeness (QED) is 0.472. The molecule has 8 heteroatoms. The molecule has 3 nitrogen and oxygen atoms in total. The average molecular weight is 373 g/mol. The van der Waals surface area contributed by atoms with Crippen molar-refractivity contribution in [1.29, 1.82) is 0 Å². The summed E-state index contributed by atoms with van der Waals surface area (Å²) in [4.78, 5) is 12.4. The molecule has 2 aromatic carbocycles. The normalized spacial score (nSPS) is 12.2. The van der Waals surface area contributed by atoms with Crippen LogP contribution in [0.4, 0.5) is 27.6 Å². The van der Waals surface area contributed by atoms with E-state index in [0.29, 0.717) is 5.69 Å². The number of hydrogen-bond acceptors (Lipinski definition) is 1. The molecule has 0 bridgehead atoms. The van der Waals surface area contributed by atoms with E-state index in [2.05, 4.69) is 5.32 Å². The predicted molar refractivity (Wildman–Crippen MR) is 86.2 cm³/mol. The fraction of sp³-hybridized carbons (Fsp3) is 0.278. The lowest BCUT2D eigenvalue weighted by Gasteiger charge is -2.16. The van der Waals surface area contributed by atoms with Gasteiger partial charge in [-0.25, -0.2) is 22.0 Å². The first-order valence-corrected chi connectivity index (χ1v) is 7.81. The van der Waals surface area contributed by atoms with Crippen molar-refractivity contribution in [3.05, 3.63) is 64.0 Å². The zero-order valence-electron chi connectivity index (χ0n) is 14.4. The first-order valence-electron chi connectivity index (χ1n) is 7.81. The molecule has 140 valence electrons.